The molecule has 2 aromatic carbocycles. The van der Waals surface area contributed by atoms with Gasteiger partial charge >= 0.3 is 6.61 Å². The highest BCUT2D eigenvalue weighted by Gasteiger charge is 2.09. The van der Waals surface area contributed by atoms with Gasteiger partial charge in [0.05, 0.1) is 6.54 Å². The molecule has 9 heteroatoms. The van der Waals surface area contributed by atoms with E-state index in [9.17, 15) is 13.6 Å². The predicted octanol–water partition coefficient (Wildman–Crippen LogP) is 3.86. The van der Waals surface area contributed by atoms with Crippen LogP contribution in [0, 0.1) is 0 Å². The zero-order valence-electron chi connectivity index (χ0n) is 17.2. The van der Waals surface area contributed by atoms with Gasteiger partial charge in [0, 0.05) is 32.7 Å². The average molecular weight is 532 g/mol. The summed E-state index contributed by atoms with van der Waals surface area (Å²) >= 11 is 0. The standard InChI is InChI=1S/C21H26F2N4O2.HI/c1-4-25-21(26-13-15-5-9-17(10-6-15)19(28)24-2)27(3)14-16-7-11-18(12-8-16)29-20(22)23;/h5-12,20H,4,13-14H2,1-3H3,(H,24,28)(H,25,26);1H. The van der Waals surface area contributed by atoms with Gasteiger partial charge in [-0.1, -0.05) is 24.3 Å². The number of carbonyl (C=O) groups excluding carboxylic acids is 1. The molecule has 0 fully saturated rings. The van der Waals surface area contributed by atoms with Crippen LogP contribution in [0.1, 0.15) is 28.4 Å². The Morgan fingerprint density at radius 3 is 2.23 bits per heavy atom. The third-order valence-electron chi connectivity index (χ3n) is 4.12. The van der Waals surface area contributed by atoms with Gasteiger partial charge in [0.2, 0.25) is 0 Å². The first-order chi connectivity index (χ1) is 13.9. The number of rotatable bonds is 8. The number of aliphatic imine (C=N–C) groups is 1. The van der Waals surface area contributed by atoms with Crippen molar-refractivity contribution in [3.63, 3.8) is 0 Å². The van der Waals surface area contributed by atoms with Gasteiger partial charge in [-0.3, -0.25) is 4.79 Å². The van der Waals surface area contributed by atoms with Gasteiger partial charge in [-0.25, -0.2) is 4.99 Å². The van der Waals surface area contributed by atoms with Crippen LogP contribution in [0.25, 0.3) is 0 Å². The van der Waals surface area contributed by atoms with Crippen LogP contribution in [0.5, 0.6) is 5.75 Å². The highest BCUT2D eigenvalue weighted by Crippen LogP contribution is 2.16. The maximum Gasteiger partial charge on any atom is 0.387 e. The minimum Gasteiger partial charge on any atom is -0.435 e. The third-order valence-corrected chi connectivity index (χ3v) is 4.12. The van der Waals surface area contributed by atoms with Crippen molar-refractivity contribution >= 4 is 35.8 Å². The number of nitrogens with one attached hydrogen (secondary N) is 2. The molecule has 0 radical (unpaired) electrons. The van der Waals surface area contributed by atoms with E-state index in [-0.39, 0.29) is 35.6 Å². The van der Waals surface area contributed by atoms with Gasteiger partial charge in [0.1, 0.15) is 5.75 Å². The Balaban J connectivity index is 0.00000450. The lowest BCUT2D eigenvalue weighted by Gasteiger charge is -2.22. The molecule has 0 spiro atoms. The van der Waals surface area contributed by atoms with Crippen LogP contribution in [0.2, 0.25) is 0 Å². The minimum absolute atomic E-state index is 0. The van der Waals surface area contributed by atoms with Crippen LogP contribution in [-0.4, -0.2) is 44.0 Å². The lowest BCUT2D eigenvalue weighted by Crippen LogP contribution is -2.38. The number of hydrogen-bond acceptors (Lipinski definition) is 3. The number of amides is 1. The van der Waals surface area contributed by atoms with Crippen molar-refractivity contribution in [2.24, 2.45) is 4.99 Å². The molecular formula is C21H27F2IN4O2. The molecule has 0 unspecified atom stereocenters. The topological polar surface area (TPSA) is 66.0 Å². The van der Waals surface area contributed by atoms with Crippen molar-refractivity contribution in [3.8, 4) is 5.75 Å². The molecule has 0 aromatic heterocycles. The number of alkyl halides is 2. The Bertz CT molecular complexity index is 815. The van der Waals surface area contributed by atoms with E-state index in [0.717, 1.165) is 17.1 Å². The van der Waals surface area contributed by atoms with Gasteiger partial charge in [0.15, 0.2) is 5.96 Å². The molecule has 6 nitrogen and oxygen atoms in total. The summed E-state index contributed by atoms with van der Waals surface area (Å²) in [6, 6.07) is 13.8. The summed E-state index contributed by atoms with van der Waals surface area (Å²) in [4.78, 5) is 18.2. The van der Waals surface area contributed by atoms with E-state index in [4.69, 9.17) is 0 Å². The van der Waals surface area contributed by atoms with Gasteiger partial charge < -0.3 is 20.3 Å². The smallest absolute Gasteiger partial charge is 0.387 e. The van der Waals surface area contributed by atoms with Crippen molar-refractivity contribution in [1.82, 2.24) is 15.5 Å². The minimum atomic E-state index is -2.83. The number of nitrogens with zero attached hydrogens (tertiary/aromatic N) is 2. The molecular weight excluding hydrogens is 505 g/mol. The Morgan fingerprint density at radius 1 is 1.10 bits per heavy atom. The third kappa shape index (κ3) is 8.13. The molecule has 2 aromatic rings. The SMILES string of the molecule is CCNC(=NCc1ccc(C(=O)NC)cc1)N(C)Cc1ccc(OC(F)F)cc1.I. The fourth-order valence-corrected chi connectivity index (χ4v) is 2.67. The van der Waals surface area contributed by atoms with Crippen molar-refractivity contribution < 1.29 is 18.3 Å². The van der Waals surface area contributed by atoms with Gasteiger partial charge in [-0.2, -0.15) is 8.78 Å². The van der Waals surface area contributed by atoms with Crippen molar-refractivity contribution in [2.45, 2.75) is 26.6 Å². The average Bonchev–Trinajstić information content (AvgIpc) is 2.72. The monoisotopic (exact) mass is 532 g/mol. The van der Waals surface area contributed by atoms with Crippen LogP contribution in [-0.2, 0) is 13.1 Å². The summed E-state index contributed by atoms with van der Waals surface area (Å²) in [5, 5.41) is 5.83. The number of benzene rings is 2. The molecule has 0 aliphatic rings. The second-order valence-electron chi connectivity index (χ2n) is 6.32. The number of ether oxygens (including phenoxy) is 1. The summed E-state index contributed by atoms with van der Waals surface area (Å²) in [7, 11) is 3.50. The number of halogens is 3. The van der Waals surface area contributed by atoms with Crippen molar-refractivity contribution in [1.29, 1.82) is 0 Å². The lowest BCUT2D eigenvalue weighted by atomic mass is 10.1. The molecule has 0 atom stereocenters. The number of guanidine groups is 1. The molecule has 0 saturated heterocycles. The Labute approximate surface area is 192 Å². The summed E-state index contributed by atoms with van der Waals surface area (Å²) in [5.41, 5.74) is 2.52. The van der Waals surface area contributed by atoms with E-state index in [1.54, 1.807) is 31.3 Å². The highest BCUT2D eigenvalue weighted by molar-refractivity contribution is 14.0. The van der Waals surface area contributed by atoms with Crippen LogP contribution in [0.4, 0.5) is 8.78 Å². The van der Waals surface area contributed by atoms with E-state index in [1.165, 1.54) is 12.1 Å². The molecule has 0 heterocycles. The number of carbonyl (C=O) groups is 1. The molecule has 0 aliphatic carbocycles. The molecule has 2 rings (SSSR count). The summed E-state index contributed by atoms with van der Waals surface area (Å²) < 4.78 is 28.9. The second kappa shape index (κ2) is 13.0. The van der Waals surface area contributed by atoms with E-state index in [0.29, 0.717) is 25.2 Å². The lowest BCUT2D eigenvalue weighted by molar-refractivity contribution is -0.0498. The van der Waals surface area contributed by atoms with E-state index < -0.39 is 6.61 Å². The maximum absolute atomic E-state index is 12.3. The molecule has 30 heavy (non-hydrogen) atoms. The fraction of sp³-hybridized carbons (Fsp3) is 0.333. The van der Waals surface area contributed by atoms with Crippen molar-refractivity contribution in [3.05, 3.63) is 65.2 Å². The molecule has 164 valence electrons. The van der Waals surface area contributed by atoms with Crippen LogP contribution < -0.4 is 15.4 Å². The first kappa shape index (κ1) is 25.6. The second-order valence-corrected chi connectivity index (χ2v) is 6.32. The van der Waals surface area contributed by atoms with Crippen LogP contribution >= 0.6 is 24.0 Å². The normalized spacial score (nSPS) is 10.9. The van der Waals surface area contributed by atoms with E-state index in [1.807, 2.05) is 31.0 Å². The van der Waals surface area contributed by atoms with Crippen molar-refractivity contribution in [2.75, 3.05) is 20.6 Å². The maximum atomic E-state index is 12.3. The summed E-state index contributed by atoms with van der Waals surface area (Å²) in [5.74, 6) is 0.723. The molecule has 0 bridgehead atoms. The largest absolute Gasteiger partial charge is 0.435 e. The van der Waals surface area contributed by atoms with Gasteiger partial charge in [-0.05, 0) is 42.3 Å². The van der Waals surface area contributed by atoms with E-state index >= 15 is 0 Å². The quantitative estimate of drug-likeness (QED) is 0.308. The molecule has 2 N–H and O–H groups in total. The Kier molecular flexibility index (Phi) is 11.1. The number of hydrogen-bond donors (Lipinski definition) is 2. The Hall–Kier alpha value is -2.43. The van der Waals surface area contributed by atoms with E-state index in [2.05, 4.69) is 20.4 Å². The van der Waals surface area contributed by atoms with Gasteiger partial charge in [-0.15, -0.1) is 24.0 Å². The molecule has 0 saturated carbocycles. The summed E-state index contributed by atoms with van der Waals surface area (Å²) in [6.45, 7) is 0.873. The van der Waals surface area contributed by atoms with Gasteiger partial charge in [0.25, 0.3) is 5.91 Å². The fourth-order valence-electron chi connectivity index (χ4n) is 2.67. The van der Waals surface area contributed by atoms with Crippen LogP contribution in [0.15, 0.2) is 53.5 Å². The first-order valence-corrected chi connectivity index (χ1v) is 9.27. The predicted molar refractivity (Wildman–Crippen MR) is 125 cm³/mol. The Morgan fingerprint density at radius 2 is 1.70 bits per heavy atom. The zero-order valence-corrected chi connectivity index (χ0v) is 19.5. The molecule has 1 amide bonds. The molecule has 0 aliphatic heterocycles. The highest BCUT2D eigenvalue weighted by atomic mass is 127. The van der Waals surface area contributed by atoms with Crippen LogP contribution in [0.3, 0.4) is 0 Å². The summed E-state index contributed by atoms with van der Waals surface area (Å²) in [6.07, 6.45) is 0. The first-order valence-electron chi connectivity index (χ1n) is 9.27. The zero-order chi connectivity index (χ0) is 21.2.